The zero-order valence-electron chi connectivity index (χ0n) is 17.0. The number of hydrogen-bond acceptors (Lipinski definition) is 2. The highest BCUT2D eigenvalue weighted by Crippen LogP contribution is 2.28. The molecule has 0 aliphatic heterocycles. The Hall–Kier alpha value is -0.420. The van der Waals surface area contributed by atoms with Crippen molar-refractivity contribution in [1.82, 2.24) is 15.0 Å². The molecule has 1 aromatic heterocycles. The SMILES string of the molecule is CCCCCCCCC(CCCCCC)Cn1nc2c(Br)ccc(Br)c2n1. The van der Waals surface area contributed by atoms with Crippen molar-refractivity contribution in [2.24, 2.45) is 5.92 Å². The highest BCUT2D eigenvalue weighted by Gasteiger charge is 2.14. The van der Waals surface area contributed by atoms with Gasteiger partial charge in [-0.3, -0.25) is 0 Å². The van der Waals surface area contributed by atoms with Crippen LogP contribution in [0, 0.1) is 5.92 Å². The van der Waals surface area contributed by atoms with Gasteiger partial charge in [0.05, 0.1) is 6.54 Å². The standard InChI is InChI=1S/C22H35Br2N3/c1-3-5-7-9-10-12-14-18(13-11-8-6-4-2)17-27-25-21-19(23)15-16-20(24)22(21)26-27/h15-16,18H,3-14,17H2,1-2H3. The van der Waals surface area contributed by atoms with Crippen LogP contribution in [0.1, 0.15) is 90.9 Å². The lowest BCUT2D eigenvalue weighted by atomic mass is 9.94. The average molecular weight is 501 g/mol. The first-order valence-electron chi connectivity index (χ1n) is 10.8. The molecule has 27 heavy (non-hydrogen) atoms. The lowest BCUT2D eigenvalue weighted by molar-refractivity contribution is 0.327. The Morgan fingerprint density at radius 3 is 1.70 bits per heavy atom. The minimum atomic E-state index is 0.687. The Balaban J connectivity index is 1.93. The van der Waals surface area contributed by atoms with E-state index in [-0.39, 0.29) is 0 Å². The summed E-state index contributed by atoms with van der Waals surface area (Å²) in [7, 11) is 0. The summed E-state index contributed by atoms with van der Waals surface area (Å²) in [5.41, 5.74) is 1.90. The minimum Gasteiger partial charge on any atom is -0.183 e. The number of aromatic nitrogens is 3. The molecule has 0 radical (unpaired) electrons. The molecule has 0 N–H and O–H groups in total. The monoisotopic (exact) mass is 499 g/mol. The fourth-order valence-electron chi connectivity index (χ4n) is 3.69. The second-order valence-corrected chi connectivity index (χ2v) is 9.46. The van der Waals surface area contributed by atoms with E-state index in [0.717, 1.165) is 26.5 Å². The van der Waals surface area contributed by atoms with E-state index in [1.54, 1.807) is 0 Å². The summed E-state index contributed by atoms with van der Waals surface area (Å²) in [5, 5.41) is 9.51. The summed E-state index contributed by atoms with van der Waals surface area (Å²) >= 11 is 7.21. The van der Waals surface area contributed by atoms with Gasteiger partial charge >= 0.3 is 0 Å². The number of benzene rings is 1. The fourth-order valence-corrected chi connectivity index (χ4v) is 4.49. The van der Waals surface area contributed by atoms with Crippen LogP contribution >= 0.6 is 31.9 Å². The maximum atomic E-state index is 4.75. The van der Waals surface area contributed by atoms with Crippen LogP contribution < -0.4 is 0 Å². The summed E-state index contributed by atoms with van der Waals surface area (Å²) in [6, 6.07) is 4.06. The molecular formula is C22H35Br2N3. The summed E-state index contributed by atoms with van der Waals surface area (Å²) in [6.45, 7) is 5.50. The molecule has 0 aliphatic rings. The van der Waals surface area contributed by atoms with Gasteiger partial charge in [0.25, 0.3) is 0 Å². The van der Waals surface area contributed by atoms with Crippen molar-refractivity contribution in [2.75, 3.05) is 0 Å². The van der Waals surface area contributed by atoms with E-state index >= 15 is 0 Å². The molecule has 0 saturated carbocycles. The molecule has 1 atom stereocenters. The van der Waals surface area contributed by atoms with E-state index in [9.17, 15) is 0 Å². The Morgan fingerprint density at radius 1 is 0.741 bits per heavy atom. The van der Waals surface area contributed by atoms with Gasteiger partial charge < -0.3 is 0 Å². The highest BCUT2D eigenvalue weighted by atomic mass is 79.9. The van der Waals surface area contributed by atoms with E-state index in [0.29, 0.717) is 5.92 Å². The summed E-state index contributed by atoms with van der Waals surface area (Å²) in [6.07, 6.45) is 16.2. The molecule has 0 aliphatic carbocycles. The number of halogens is 2. The van der Waals surface area contributed by atoms with Crippen molar-refractivity contribution in [1.29, 1.82) is 0 Å². The van der Waals surface area contributed by atoms with Gasteiger partial charge in [-0.1, -0.05) is 78.1 Å². The number of fused-ring (bicyclic) bond motifs is 1. The van der Waals surface area contributed by atoms with Crippen molar-refractivity contribution in [3.63, 3.8) is 0 Å². The Bertz CT molecular complexity index is 630. The third kappa shape index (κ3) is 7.84. The second-order valence-electron chi connectivity index (χ2n) is 7.75. The number of nitrogens with zero attached hydrogens (tertiary/aromatic N) is 3. The molecule has 0 amide bonds. The predicted octanol–water partition coefficient (Wildman–Crippen LogP) is 8.29. The largest absolute Gasteiger partial charge is 0.183 e. The first-order valence-corrected chi connectivity index (χ1v) is 12.4. The van der Waals surface area contributed by atoms with Crippen LogP contribution in [0.15, 0.2) is 21.1 Å². The molecule has 152 valence electrons. The molecule has 0 bridgehead atoms. The molecule has 3 nitrogen and oxygen atoms in total. The zero-order valence-corrected chi connectivity index (χ0v) is 20.2. The highest BCUT2D eigenvalue weighted by molar-refractivity contribution is 9.11. The summed E-state index contributed by atoms with van der Waals surface area (Å²) in [4.78, 5) is 1.93. The lowest BCUT2D eigenvalue weighted by Crippen LogP contribution is -2.13. The van der Waals surface area contributed by atoms with Gasteiger partial charge in [-0.25, -0.2) is 0 Å². The summed E-state index contributed by atoms with van der Waals surface area (Å²) in [5.74, 6) is 0.687. The Kier molecular flexibility index (Phi) is 10.9. The van der Waals surface area contributed by atoms with Crippen LogP contribution in [0.5, 0.6) is 0 Å². The normalized spacial score (nSPS) is 12.7. The van der Waals surface area contributed by atoms with E-state index in [4.69, 9.17) is 10.2 Å². The predicted molar refractivity (Wildman–Crippen MR) is 123 cm³/mol. The van der Waals surface area contributed by atoms with Gasteiger partial charge in [-0.15, -0.1) is 0 Å². The lowest BCUT2D eigenvalue weighted by Gasteiger charge is -2.16. The first-order chi connectivity index (χ1) is 13.2. The molecule has 2 rings (SSSR count). The molecule has 2 aromatic rings. The van der Waals surface area contributed by atoms with E-state index < -0.39 is 0 Å². The average Bonchev–Trinajstić information content (AvgIpc) is 3.09. The van der Waals surface area contributed by atoms with Crippen LogP contribution in [-0.2, 0) is 6.54 Å². The van der Waals surface area contributed by atoms with Crippen LogP contribution in [0.3, 0.4) is 0 Å². The van der Waals surface area contributed by atoms with Crippen molar-refractivity contribution >= 4 is 42.9 Å². The topological polar surface area (TPSA) is 30.7 Å². The van der Waals surface area contributed by atoms with Gasteiger partial charge in [0.2, 0.25) is 0 Å². The van der Waals surface area contributed by atoms with Crippen LogP contribution in [0.25, 0.3) is 11.0 Å². The minimum absolute atomic E-state index is 0.687. The van der Waals surface area contributed by atoms with Gasteiger partial charge in [0.15, 0.2) is 0 Å². The molecule has 0 fully saturated rings. The molecule has 5 heteroatoms. The van der Waals surface area contributed by atoms with Gasteiger partial charge in [-0.05, 0) is 62.8 Å². The first kappa shape index (κ1) is 22.9. The van der Waals surface area contributed by atoms with Crippen LogP contribution in [-0.4, -0.2) is 15.0 Å². The molecule has 1 unspecified atom stereocenters. The Morgan fingerprint density at radius 2 is 1.19 bits per heavy atom. The maximum absolute atomic E-state index is 4.75. The van der Waals surface area contributed by atoms with Crippen molar-refractivity contribution in [3.05, 3.63) is 21.1 Å². The van der Waals surface area contributed by atoms with Gasteiger partial charge in [0, 0.05) is 8.95 Å². The molecular weight excluding hydrogens is 466 g/mol. The van der Waals surface area contributed by atoms with Crippen molar-refractivity contribution in [2.45, 2.75) is 97.4 Å². The quantitative estimate of drug-likeness (QED) is 0.244. The summed E-state index contributed by atoms with van der Waals surface area (Å²) < 4.78 is 2.03. The van der Waals surface area contributed by atoms with Gasteiger partial charge in [-0.2, -0.15) is 15.0 Å². The zero-order chi connectivity index (χ0) is 19.5. The number of hydrogen-bond donors (Lipinski definition) is 0. The van der Waals surface area contributed by atoms with Gasteiger partial charge in [0.1, 0.15) is 11.0 Å². The van der Waals surface area contributed by atoms with Crippen molar-refractivity contribution < 1.29 is 0 Å². The molecule has 0 saturated heterocycles. The fraction of sp³-hybridized carbons (Fsp3) is 0.727. The molecule has 1 heterocycles. The second kappa shape index (κ2) is 12.9. The van der Waals surface area contributed by atoms with Crippen molar-refractivity contribution in [3.8, 4) is 0 Å². The smallest absolute Gasteiger partial charge is 0.128 e. The molecule has 0 spiro atoms. The maximum Gasteiger partial charge on any atom is 0.128 e. The van der Waals surface area contributed by atoms with Crippen LogP contribution in [0.2, 0.25) is 0 Å². The molecule has 1 aromatic carbocycles. The third-order valence-corrected chi connectivity index (χ3v) is 6.62. The Labute approximate surface area is 181 Å². The number of unbranched alkanes of at least 4 members (excludes halogenated alkanes) is 8. The van der Waals surface area contributed by atoms with Crippen LogP contribution in [0.4, 0.5) is 0 Å². The third-order valence-electron chi connectivity index (χ3n) is 5.34. The van der Waals surface area contributed by atoms with E-state index in [2.05, 4.69) is 45.7 Å². The van der Waals surface area contributed by atoms with E-state index in [1.165, 1.54) is 77.0 Å². The number of rotatable bonds is 14. The van der Waals surface area contributed by atoms with E-state index in [1.807, 2.05) is 16.9 Å².